The molecule has 2 aliphatic heterocycles. The van der Waals surface area contributed by atoms with Crippen molar-refractivity contribution < 1.29 is 32.7 Å². The molecule has 15 heteroatoms. The minimum atomic E-state index is -0.857. The van der Waals surface area contributed by atoms with Gasteiger partial charge in [-0.15, -0.1) is 0 Å². The van der Waals surface area contributed by atoms with Crippen LogP contribution in [0.4, 0.5) is 25.0 Å². The molecule has 4 amide bonds. The highest BCUT2D eigenvalue weighted by Gasteiger charge is 2.34. The van der Waals surface area contributed by atoms with Gasteiger partial charge in [-0.3, -0.25) is 23.7 Å². The lowest BCUT2D eigenvalue weighted by atomic mass is 10.2. The molecule has 2 aliphatic rings. The summed E-state index contributed by atoms with van der Waals surface area (Å²) in [5.74, 6) is -2.42. The molecule has 0 bridgehead atoms. The number of fused-ring (bicyclic) bond motifs is 1. The Hall–Kier alpha value is -4.82. The van der Waals surface area contributed by atoms with E-state index in [-0.39, 0.29) is 81.1 Å². The van der Waals surface area contributed by atoms with Crippen LogP contribution in [0.2, 0.25) is 0 Å². The molecule has 13 nitrogen and oxygen atoms in total. The van der Waals surface area contributed by atoms with Crippen LogP contribution in [0.5, 0.6) is 0 Å². The third-order valence-electron chi connectivity index (χ3n) is 6.85. The second kappa shape index (κ2) is 11.7. The fourth-order valence-electron chi connectivity index (χ4n) is 4.68. The average molecular weight is 571 g/mol. The molecule has 2 fully saturated rings. The summed E-state index contributed by atoms with van der Waals surface area (Å²) >= 11 is 0. The third-order valence-corrected chi connectivity index (χ3v) is 6.85. The highest BCUT2D eigenvalue weighted by molar-refractivity contribution is 5.95. The van der Waals surface area contributed by atoms with Crippen molar-refractivity contribution in [2.24, 2.45) is 0 Å². The maximum atomic E-state index is 15.1. The van der Waals surface area contributed by atoms with Gasteiger partial charge in [0.15, 0.2) is 11.6 Å². The van der Waals surface area contributed by atoms with Crippen molar-refractivity contribution in [2.75, 3.05) is 55.6 Å². The first-order valence-electron chi connectivity index (χ1n) is 13.1. The molecule has 2 saturated heterocycles. The molecule has 3 aromatic rings. The smallest absolute Gasteiger partial charge is 0.414 e. The van der Waals surface area contributed by atoms with Crippen LogP contribution in [0.15, 0.2) is 36.8 Å². The number of ether oxygens (including phenoxy) is 1. The zero-order valence-electron chi connectivity index (χ0n) is 22.2. The van der Waals surface area contributed by atoms with E-state index in [1.54, 1.807) is 29.8 Å². The molecule has 216 valence electrons. The summed E-state index contributed by atoms with van der Waals surface area (Å²) in [6.07, 6.45) is 3.63. The van der Waals surface area contributed by atoms with Gasteiger partial charge in [-0.05, 0) is 6.07 Å². The number of rotatable bonds is 8. The monoisotopic (exact) mass is 570 g/mol. The number of benzene rings is 1. The first-order chi connectivity index (χ1) is 19.7. The van der Waals surface area contributed by atoms with E-state index in [1.165, 1.54) is 16.0 Å². The highest BCUT2D eigenvalue weighted by Crippen LogP contribution is 2.31. The van der Waals surface area contributed by atoms with Gasteiger partial charge in [-0.1, -0.05) is 6.92 Å². The van der Waals surface area contributed by atoms with Crippen molar-refractivity contribution >= 4 is 41.0 Å². The maximum Gasteiger partial charge on any atom is 0.414 e. The molecule has 1 atom stereocenters. The van der Waals surface area contributed by atoms with E-state index in [1.807, 2.05) is 0 Å². The number of hydrogen-bond donors (Lipinski definition) is 2. The number of cyclic esters (lactones) is 1. The summed E-state index contributed by atoms with van der Waals surface area (Å²) in [5.41, 5.74) is -0.130. The van der Waals surface area contributed by atoms with Crippen LogP contribution in [0.3, 0.4) is 0 Å². The molecule has 1 aromatic carbocycles. The Morgan fingerprint density at radius 3 is 2.51 bits per heavy atom. The lowest BCUT2D eigenvalue weighted by Crippen LogP contribution is -2.51. The van der Waals surface area contributed by atoms with Crippen molar-refractivity contribution in [1.82, 2.24) is 29.9 Å². The fraction of sp³-hybridized carbons (Fsp3) is 0.385. The Kier molecular flexibility index (Phi) is 7.94. The summed E-state index contributed by atoms with van der Waals surface area (Å²) in [5, 5.41) is 5.17. The first kappa shape index (κ1) is 27.7. The highest BCUT2D eigenvalue weighted by atomic mass is 19.1. The van der Waals surface area contributed by atoms with Crippen molar-refractivity contribution in [1.29, 1.82) is 0 Å². The number of aromatic nitrogens is 3. The van der Waals surface area contributed by atoms with Gasteiger partial charge < -0.3 is 25.2 Å². The van der Waals surface area contributed by atoms with Crippen LogP contribution >= 0.6 is 0 Å². The molecule has 0 spiro atoms. The predicted molar refractivity (Wildman–Crippen MR) is 141 cm³/mol. The van der Waals surface area contributed by atoms with Gasteiger partial charge in [0, 0.05) is 63.3 Å². The summed E-state index contributed by atoms with van der Waals surface area (Å²) in [7, 11) is 0. The average Bonchev–Trinajstić information content (AvgIpc) is 3.57. The number of nitrogens with zero attached hydrogens (tertiary/aromatic N) is 6. The molecular weight excluding hydrogens is 542 g/mol. The first-order valence-corrected chi connectivity index (χ1v) is 13.1. The van der Waals surface area contributed by atoms with E-state index in [4.69, 9.17) is 4.74 Å². The zero-order chi connectivity index (χ0) is 29.1. The van der Waals surface area contributed by atoms with E-state index < -0.39 is 29.7 Å². The second-order valence-electron chi connectivity index (χ2n) is 9.54. The van der Waals surface area contributed by atoms with Crippen LogP contribution in [-0.4, -0.2) is 95.0 Å². The Morgan fingerprint density at radius 1 is 1.10 bits per heavy atom. The molecule has 5 rings (SSSR count). The number of carbonyl (C=O) groups excluding carboxylic acids is 4. The lowest BCUT2D eigenvalue weighted by molar-refractivity contribution is -0.130. The number of anilines is 2. The molecule has 4 heterocycles. The number of amides is 4. The molecule has 41 heavy (non-hydrogen) atoms. The molecule has 1 unspecified atom stereocenters. The summed E-state index contributed by atoms with van der Waals surface area (Å²) in [6, 6.07) is 3.82. The van der Waals surface area contributed by atoms with Crippen LogP contribution in [0.1, 0.15) is 23.8 Å². The maximum absolute atomic E-state index is 15.1. The summed E-state index contributed by atoms with van der Waals surface area (Å²) in [6.45, 7) is 2.28. The Balaban J connectivity index is 1.14. The number of nitrogens with one attached hydrogen (secondary N) is 2. The van der Waals surface area contributed by atoms with Gasteiger partial charge in [0.05, 0.1) is 25.3 Å². The van der Waals surface area contributed by atoms with E-state index in [9.17, 15) is 19.2 Å². The summed E-state index contributed by atoms with van der Waals surface area (Å²) in [4.78, 5) is 61.1. The largest absolute Gasteiger partial charge is 0.442 e. The minimum absolute atomic E-state index is 0.00372. The topological polar surface area (TPSA) is 141 Å². The normalized spacial score (nSPS) is 17.1. The zero-order valence-corrected chi connectivity index (χ0v) is 22.2. The SMILES string of the molecule is CCC(=O)NCC1CN(c2cc(F)c(N3CCN(C(=O)CNC(=O)c4cn5cccnc5n4)CC3)c(F)c2)C(=O)O1. The minimum Gasteiger partial charge on any atom is -0.442 e. The van der Waals surface area contributed by atoms with E-state index in [2.05, 4.69) is 20.6 Å². The molecule has 2 N–H and O–H groups in total. The number of halogens is 2. The second-order valence-corrected chi connectivity index (χ2v) is 9.54. The summed E-state index contributed by atoms with van der Waals surface area (Å²) < 4.78 is 37.0. The van der Waals surface area contributed by atoms with Crippen molar-refractivity contribution in [3.63, 3.8) is 0 Å². The Bertz CT molecular complexity index is 1430. The Morgan fingerprint density at radius 2 is 1.83 bits per heavy atom. The predicted octanol–water partition coefficient (Wildman–Crippen LogP) is 0.938. The van der Waals surface area contributed by atoms with Crippen molar-refractivity contribution in [3.05, 3.63) is 54.1 Å². The van der Waals surface area contributed by atoms with Gasteiger partial charge in [-0.2, -0.15) is 0 Å². The van der Waals surface area contributed by atoms with Crippen LogP contribution in [-0.2, 0) is 14.3 Å². The molecule has 2 aromatic heterocycles. The lowest BCUT2D eigenvalue weighted by Gasteiger charge is -2.36. The van der Waals surface area contributed by atoms with Gasteiger partial charge in [-0.25, -0.2) is 23.5 Å². The van der Waals surface area contributed by atoms with Crippen LogP contribution < -0.4 is 20.4 Å². The van der Waals surface area contributed by atoms with E-state index in [0.717, 1.165) is 17.0 Å². The van der Waals surface area contributed by atoms with Gasteiger partial charge in [0.1, 0.15) is 17.5 Å². The molecule has 0 radical (unpaired) electrons. The van der Waals surface area contributed by atoms with Crippen LogP contribution in [0, 0.1) is 11.6 Å². The number of piperazine rings is 1. The van der Waals surface area contributed by atoms with Crippen molar-refractivity contribution in [3.8, 4) is 0 Å². The van der Waals surface area contributed by atoms with Gasteiger partial charge in [0.25, 0.3) is 5.91 Å². The Labute approximate surface area is 233 Å². The molecule has 0 saturated carbocycles. The third kappa shape index (κ3) is 6.02. The van der Waals surface area contributed by atoms with Gasteiger partial charge in [0.2, 0.25) is 17.6 Å². The molecule has 0 aliphatic carbocycles. The number of imidazole rings is 1. The van der Waals surface area contributed by atoms with Crippen molar-refractivity contribution in [2.45, 2.75) is 19.4 Å². The molecular formula is C26H28F2N8O5. The van der Waals surface area contributed by atoms with Crippen LogP contribution in [0.25, 0.3) is 5.78 Å². The van der Waals surface area contributed by atoms with Gasteiger partial charge >= 0.3 is 6.09 Å². The number of hydrogen-bond acceptors (Lipinski definition) is 8. The number of carbonyl (C=O) groups is 4. The quantitative estimate of drug-likeness (QED) is 0.408. The van der Waals surface area contributed by atoms with E-state index in [0.29, 0.717) is 5.78 Å². The van der Waals surface area contributed by atoms with E-state index >= 15 is 8.78 Å². The fourth-order valence-corrected chi connectivity index (χ4v) is 4.68. The standard InChI is InChI=1S/C26H28F2N8O5/c1-2-21(37)30-12-17-14-36(26(40)41-17)16-10-18(27)23(19(28)11-16)34-8-6-33(7-9-34)22(38)13-31-24(39)20-15-35-5-3-4-29-25(35)32-20/h3-5,10-11,15,17H,2,6-9,12-14H2,1H3,(H,30,37)(H,31,39).